The fourth-order valence-corrected chi connectivity index (χ4v) is 4.95. The Kier molecular flexibility index (Phi) is 6.50. The van der Waals surface area contributed by atoms with E-state index in [9.17, 15) is 9.18 Å². The Morgan fingerprint density at radius 2 is 2.00 bits per heavy atom. The molecule has 3 aliphatic rings. The number of aliphatic hydroxyl groups is 1. The molecule has 4 rings (SSSR count). The molecular formula is C23H30FNO4. The van der Waals surface area contributed by atoms with E-state index in [0.717, 1.165) is 24.3 Å². The summed E-state index contributed by atoms with van der Waals surface area (Å²) in [5, 5.41) is 12.1. The molecule has 0 radical (unpaired) electrons. The van der Waals surface area contributed by atoms with Crippen molar-refractivity contribution in [2.24, 2.45) is 11.8 Å². The number of nitrogens with one attached hydrogen (secondary N) is 1. The molecule has 2 aliphatic carbocycles. The Morgan fingerprint density at radius 3 is 2.69 bits per heavy atom. The van der Waals surface area contributed by atoms with Gasteiger partial charge in [-0.15, -0.1) is 0 Å². The Labute approximate surface area is 171 Å². The number of fused-ring (bicyclic) bond motifs is 2. The topological polar surface area (TPSA) is 67.8 Å². The molecule has 0 saturated heterocycles. The van der Waals surface area contributed by atoms with Crippen LogP contribution in [0.3, 0.4) is 0 Å². The maximum atomic E-state index is 13.3. The summed E-state index contributed by atoms with van der Waals surface area (Å²) in [4.78, 5) is 12.9. The first kappa shape index (κ1) is 20.4. The van der Waals surface area contributed by atoms with Gasteiger partial charge >= 0.3 is 0 Å². The Hall–Kier alpha value is -1.92. The van der Waals surface area contributed by atoms with Crippen LogP contribution >= 0.6 is 0 Å². The SMILES string of the molecule is O=C(NC1CC2CCC1C2)C1=C[C@@H](c2ccc(F)cc2)C[C@@H](OCCCCO)O1. The molecular weight excluding hydrogens is 373 g/mol. The third-order valence-corrected chi connectivity index (χ3v) is 6.49. The van der Waals surface area contributed by atoms with Gasteiger partial charge in [-0.3, -0.25) is 4.79 Å². The second-order valence-electron chi connectivity index (χ2n) is 8.53. The predicted molar refractivity (Wildman–Crippen MR) is 106 cm³/mol. The summed E-state index contributed by atoms with van der Waals surface area (Å²) in [6, 6.07) is 6.60. The van der Waals surface area contributed by atoms with Crippen molar-refractivity contribution in [3.63, 3.8) is 0 Å². The zero-order valence-electron chi connectivity index (χ0n) is 16.7. The molecule has 2 fully saturated rings. The number of unbranched alkanes of at least 4 members (excludes halogenated alkanes) is 1. The molecule has 2 saturated carbocycles. The van der Waals surface area contributed by atoms with Gasteiger partial charge in [-0.25, -0.2) is 4.39 Å². The standard InChI is InChI=1S/C23H30FNO4/c24-19-7-5-16(6-8-19)18-13-21(29-22(14-18)28-10-2-1-9-26)23(27)25-20-12-15-3-4-17(20)11-15/h5-8,13,15,17-18,20,22,26H,1-4,9-12,14H2,(H,25,27)/t15?,17?,18-,20?,22+/m1/s1. The number of ether oxygens (including phenoxy) is 2. The average molecular weight is 403 g/mol. The fraction of sp³-hybridized carbons (Fsp3) is 0.609. The molecule has 0 spiro atoms. The van der Waals surface area contributed by atoms with Gasteiger partial charge in [0.05, 0.1) is 6.61 Å². The van der Waals surface area contributed by atoms with Crippen LogP contribution in [0.5, 0.6) is 0 Å². The first-order valence-electron chi connectivity index (χ1n) is 10.8. The van der Waals surface area contributed by atoms with Crippen molar-refractivity contribution < 1.29 is 23.8 Å². The van der Waals surface area contributed by atoms with Crippen LogP contribution in [-0.4, -0.2) is 36.6 Å². The van der Waals surface area contributed by atoms with Gasteiger partial charge in [-0.1, -0.05) is 18.6 Å². The van der Waals surface area contributed by atoms with Gasteiger partial charge in [0.1, 0.15) is 5.82 Å². The summed E-state index contributed by atoms with van der Waals surface area (Å²) in [7, 11) is 0. The van der Waals surface area contributed by atoms with Crippen LogP contribution in [0.1, 0.15) is 56.4 Å². The molecule has 6 heteroatoms. The fourth-order valence-electron chi connectivity index (χ4n) is 4.95. The van der Waals surface area contributed by atoms with Crippen molar-refractivity contribution >= 4 is 5.91 Å². The lowest BCUT2D eigenvalue weighted by molar-refractivity contribution is -0.147. The number of benzene rings is 1. The van der Waals surface area contributed by atoms with Crippen LogP contribution in [0.2, 0.25) is 0 Å². The van der Waals surface area contributed by atoms with Crippen molar-refractivity contribution in [3.8, 4) is 0 Å². The van der Waals surface area contributed by atoms with Crippen LogP contribution in [0, 0.1) is 17.7 Å². The number of carbonyl (C=O) groups excluding carboxylic acids is 1. The van der Waals surface area contributed by atoms with Crippen molar-refractivity contribution in [3.05, 3.63) is 47.5 Å². The molecule has 0 aromatic heterocycles. The molecule has 5 nitrogen and oxygen atoms in total. The van der Waals surface area contributed by atoms with E-state index in [4.69, 9.17) is 14.6 Å². The number of aliphatic hydroxyl groups excluding tert-OH is 1. The summed E-state index contributed by atoms with van der Waals surface area (Å²) in [5.74, 6) is 1.09. The monoisotopic (exact) mass is 403 g/mol. The third-order valence-electron chi connectivity index (χ3n) is 6.49. The molecule has 1 heterocycles. The highest BCUT2D eigenvalue weighted by Gasteiger charge is 2.41. The molecule has 1 aromatic rings. The minimum Gasteiger partial charge on any atom is -0.459 e. The summed E-state index contributed by atoms with van der Waals surface area (Å²) < 4.78 is 25.0. The third kappa shape index (κ3) is 4.98. The summed E-state index contributed by atoms with van der Waals surface area (Å²) in [6.07, 6.45) is 8.03. The average Bonchev–Trinajstić information content (AvgIpc) is 3.35. The number of carbonyl (C=O) groups is 1. The van der Waals surface area contributed by atoms with Crippen LogP contribution < -0.4 is 5.32 Å². The number of allylic oxidation sites excluding steroid dienone is 1. The molecule has 3 unspecified atom stereocenters. The van der Waals surface area contributed by atoms with Gasteiger partial charge in [-0.05, 0) is 67.7 Å². The van der Waals surface area contributed by atoms with Crippen LogP contribution in [-0.2, 0) is 14.3 Å². The Bertz CT molecular complexity index is 735. The van der Waals surface area contributed by atoms with Crippen LogP contribution in [0.4, 0.5) is 4.39 Å². The first-order valence-corrected chi connectivity index (χ1v) is 10.8. The van der Waals surface area contributed by atoms with E-state index in [1.165, 1.54) is 31.4 Å². The normalized spacial score (nSPS) is 30.7. The van der Waals surface area contributed by atoms with E-state index in [1.807, 2.05) is 6.08 Å². The molecule has 2 bridgehead atoms. The van der Waals surface area contributed by atoms with Crippen molar-refractivity contribution in [1.82, 2.24) is 5.32 Å². The van der Waals surface area contributed by atoms with E-state index < -0.39 is 6.29 Å². The number of hydrogen-bond acceptors (Lipinski definition) is 4. The predicted octanol–water partition coefficient (Wildman–Crippen LogP) is 3.63. The second-order valence-corrected chi connectivity index (χ2v) is 8.53. The van der Waals surface area contributed by atoms with E-state index in [2.05, 4.69) is 5.32 Å². The van der Waals surface area contributed by atoms with E-state index in [1.54, 1.807) is 12.1 Å². The molecule has 1 aliphatic heterocycles. The first-order chi connectivity index (χ1) is 14.1. The van der Waals surface area contributed by atoms with Crippen molar-refractivity contribution in [2.75, 3.05) is 13.2 Å². The van der Waals surface area contributed by atoms with Gasteiger partial charge in [-0.2, -0.15) is 0 Å². The lowest BCUT2D eigenvalue weighted by Gasteiger charge is -2.30. The highest BCUT2D eigenvalue weighted by molar-refractivity contribution is 5.92. The van der Waals surface area contributed by atoms with E-state index in [-0.39, 0.29) is 30.3 Å². The highest BCUT2D eigenvalue weighted by Crippen LogP contribution is 2.44. The summed E-state index contributed by atoms with van der Waals surface area (Å²) >= 11 is 0. The van der Waals surface area contributed by atoms with Gasteiger partial charge in [0.25, 0.3) is 5.91 Å². The van der Waals surface area contributed by atoms with Crippen LogP contribution in [0.15, 0.2) is 36.1 Å². The molecule has 5 atom stereocenters. The maximum Gasteiger partial charge on any atom is 0.286 e. The second kappa shape index (κ2) is 9.26. The van der Waals surface area contributed by atoms with E-state index >= 15 is 0 Å². The van der Waals surface area contributed by atoms with Gasteiger partial charge < -0.3 is 19.9 Å². The number of halogens is 1. The number of rotatable bonds is 8. The maximum absolute atomic E-state index is 13.3. The molecule has 158 valence electrons. The molecule has 1 amide bonds. The molecule has 2 N–H and O–H groups in total. The van der Waals surface area contributed by atoms with Crippen LogP contribution in [0.25, 0.3) is 0 Å². The largest absolute Gasteiger partial charge is 0.459 e. The van der Waals surface area contributed by atoms with Gasteiger partial charge in [0, 0.05) is 25.0 Å². The van der Waals surface area contributed by atoms with Gasteiger partial charge in [0.2, 0.25) is 6.29 Å². The Balaban J connectivity index is 1.44. The van der Waals surface area contributed by atoms with E-state index in [0.29, 0.717) is 31.1 Å². The number of hydrogen-bond donors (Lipinski definition) is 2. The summed E-state index contributed by atoms with van der Waals surface area (Å²) in [6.45, 7) is 0.590. The quantitative estimate of drug-likeness (QED) is 0.651. The number of amides is 1. The minimum atomic E-state index is -0.533. The van der Waals surface area contributed by atoms with Crippen molar-refractivity contribution in [2.45, 2.75) is 63.2 Å². The zero-order chi connectivity index (χ0) is 20.2. The minimum absolute atomic E-state index is 0.0760. The smallest absolute Gasteiger partial charge is 0.286 e. The lowest BCUT2D eigenvalue weighted by Crippen LogP contribution is -2.41. The highest BCUT2D eigenvalue weighted by atomic mass is 19.1. The van der Waals surface area contributed by atoms with Crippen molar-refractivity contribution in [1.29, 1.82) is 0 Å². The van der Waals surface area contributed by atoms with Gasteiger partial charge in [0.15, 0.2) is 5.76 Å². The Morgan fingerprint density at radius 1 is 1.17 bits per heavy atom. The lowest BCUT2D eigenvalue weighted by atomic mass is 9.92. The molecule has 1 aromatic carbocycles. The zero-order valence-corrected chi connectivity index (χ0v) is 16.7. The summed E-state index contributed by atoms with van der Waals surface area (Å²) in [5.41, 5.74) is 0.934. The molecule has 29 heavy (non-hydrogen) atoms.